The van der Waals surface area contributed by atoms with Gasteiger partial charge in [-0.1, -0.05) is 12.1 Å². The van der Waals surface area contributed by atoms with Gasteiger partial charge in [0.1, 0.15) is 6.04 Å². The number of aromatic nitrogens is 1. The summed E-state index contributed by atoms with van der Waals surface area (Å²) in [6, 6.07) is 11.5. The first kappa shape index (κ1) is 21.2. The van der Waals surface area contributed by atoms with E-state index in [9.17, 15) is 14.4 Å². The van der Waals surface area contributed by atoms with Crippen molar-refractivity contribution in [3.63, 3.8) is 0 Å². The number of hydrogen-bond acceptors (Lipinski definition) is 5. The van der Waals surface area contributed by atoms with E-state index in [2.05, 4.69) is 15.6 Å². The number of nitrogens with one attached hydrogen (secondary N) is 3. The maximum atomic E-state index is 12.8. The lowest BCUT2D eigenvalue weighted by molar-refractivity contribution is -0.128. The van der Waals surface area contributed by atoms with Crippen molar-refractivity contribution in [1.82, 2.24) is 15.2 Å². The predicted octanol–water partition coefficient (Wildman–Crippen LogP) is 3.02. The molecule has 0 aliphatic carbocycles. The van der Waals surface area contributed by atoms with Gasteiger partial charge in [0, 0.05) is 23.5 Å². The molecule has 1 unspecified atom stereocenters. The highest BCUT2D eigenvalue weighted by Gasteiger charge is 2.37. The molecule has 3 aromatic rings. The summed E-state index contributed by atoms with van der Waals surface area (Å²) >= 11 is 0. The Morgan fingerprint density at radius 3 is 2.69 bits per heavy atom. The maximum Gasteiger partial charge on any atom is 0.325 e. The number of fused-ring (bicyclic) bond motifs is 1. The lowest BCUT2D eigenvalue weighted by Gasteiger charge is -2.15. The Labute approximate surface area is 184 Å². The molecule has 2 heterocycles. The van der Waals surface area contributed by atoms with Crippen LogP contribution in [0.1, 0.15) is 18.4 Å². The fourth-order valence-corrected chi connectivity index (χ4v) is 3.77. The zero-order valence-electron chi connectivity index (χ0n) is 17.8. The van der Waals surface area contributed by atoms with E-state index in [1.54, 1.807) is 24.4 Å². The van der Waals surface area contributed by atoms with Gasteiger partial charge in [-0.05, 0) is 42.3 Å². The molecule has 0 saturated carbocycles. The number of urea groups is 1. The Morgan fingerprint density at radius 2 is 1.91 bits per heavy atom. The lowest BCUT2D eigenvalue weighted by atomic mass is 10.1. The van der Waals surface area contributed by atoms with Gasteiger partial charge in [0.15, 0.2) is 11.5 Å². The zero-order chi connectivity index (χ0) is 22.7. The molecule has 2 aromatic carbocycles. The van der Waals surface area contributed by atoms with Gasteiger partial charge < -0.3 is 25.1 Å². The molecule has 1 aromatic heterocycles. The van der Waals surface area contributed by atoms with Crippen LogP contribution in [0.2, 0.25) is 0 Å². The van der Waals surface area contributed by atoms with E-state index in [1.807, 2.05) is 24.3 Å². The van der Waals surface area contributed by atoms with Crippen LogP contribution in [0.4, 0.5) is 10.5 Å². The van der Waals surface area contributed by atoms with E-state index in [-0.39, 0.29) is 31.2 Å². The Morgan fingerprint density at radius 1 is 1.09 bits per heavy atom. The van der Waals surface area contributed by atoms with Crippen LogP contribution in [-0.4, -0.2) is 48.0 Å². The second-order valence-corrected chi connectivity index (χ2v) is 7.45. The topological polar surface area (TPSA) is 113 Å². The van der Waals surface area contributed by atoms with E-state index in [1.165, 1.54) is 14.2 Å². The Hall–Kier alpha value is -4.01. The van der Waals surface area contributed by atoms with Gasteiger partial charge in [0.05, 0.1) is 26.5 Å². The van der Waals surface area contributed by atoms with Crippen LogP contribution in [0.15, 0.2) is 48.7 Å². The third kappa shape index (κ3) is 4.22. The number of ether oxygens (including phenoxy) is 2. The van der Waals surface area contributed by atoms with Crippen molar-refractivity contribution >= 4 is 34.4 Å². The molecule has 32 heavy (non-hydrogen) atoms. The van der Waals surface area contributed by atoms with Gasteiger partial charge in [-0.15, -0.1) is 0 Å². The third-order valence-corrected chi connectivity index (χ3v) is 5.42. The summed E-state index contributed by atoms with van der Waals surface area (Å²) in [5, 5.41) is 6.45. The summed E-state index contributed by atoms with van der Waals surface area (Å²) in [4.78, 5) is 41.8. The highest BCUT2D eigenvalue weighted by atomic mass is 16.5. The number of H-pyrrole nitrogens is 1. The van der Waals surface area contributed by atoms with Gasteiger partial charge in [0.25, 0.3) is 5.91 Å². The highest BCUT2D eigenvalue weighted by molar-refractivity contribution is 6.05. The molecule has 9 heteroatoms. The molecule has 4 amide bonds. The molecule has 4 rings (SSSR count). The molecule has 0 bridgehead atoms. The van der Waals surface area contributed by atoms with E-state index >= 15 is 0 Å². The first-order valence-electron chi connectivity index (χ1n) is 10.2. The largest absolute Gasteiger partial charge is 0.493 e. The number of aromatic amines is 1. The number of carbonyl (C=O) groups is 3. The lowest BCUT2D eigenvalue weighted by Crippen LogP contribution is -2.31. The number of amides is 4. The fraction of sp³-hybridized carbons (Fsp3) is 0.261. The minimum atomic E-state index is -0.739. The first-order chi connectivity index (χ1) is 15.5. The number of hydrogen-bond donors (Lipinski definition) is 3. The third-order valence-electron chi connectivity index (χ3n) is 5.42. The molecule has 1 aliphatic rings. The van der Waals surface area contributed by atoms with Crippen LogP contribution in [0.3, 0.4) is 0 Å². The molecule has 0 spiro atoms. The van der Waals surface area contributed by atoms with Crippen molar-refractivity contribution in [2.75, 3.05) is 19.5 Å². The molecule has 3 N–H and O–H groups in total. The highest BCUT2D eigenvalue weighted by Crippen LogP contribution is 2.28. The average molecular weight is 436 g/mol. The van der Waals surface area contributed by atoms with Crippen LogP contribution in [0.5, 0.6) is 11.5 Å². The Bertz CT molecular complexity index is 1170. The van der Waals surface area contributed by atoms with Crippen molar-refractivity contribution in [3.05, 3.63) is 54.2 Å². The predicted molar refractivity (Wildman–Crippen MR) is 119 cm³/mol. The van der Waals surface area contributed by atoms with Crippen molar-refractivity contribution in [3.8, 4) is 11.5 Å². The second kappa shape index (κ2) is 9.01. The van der Waals surface area contributed by atoms with Gasteiger partial charge in [-0.25, -0.2) is 4.79 Å². The standard InChI is InChI=1S/C23H24N4O5/c1-31-19-8-6-14(12-20(19)32-2)13-27-22(29)18(26-23(27)30)7-9-21(28)25-17-5-3-4-16-15(17)10-11-24-16/h3-6,8,10-12,18,24H,7,9,13H2,1-2H3,(H,25,28)(H,26,30). The molecule has 166 valence electrons. The van der Waals surface area contributed by atoms with Gasteiger partial charge in [0.2, 0.25) is 5.91 Å². The molecule has 1 aliphatic heterocycles. The second-order valence-electron chi connectivity index (χ2n) is 7.45. The number of rotatable bonds is 8. The molecule has 1 atom stereocenters. The van der Waals surface area contributed by atoms with Crippen LogP contribution >= 0.6 is 0 Å². The van der Waals surface area contributed by atoms with Crippen LogP contribution < -0.4 is 20.1 Å². The normalized spacial score (nSPS) is 15.7. The fourth-order valence-electron chi connectivity index (χ4n) is 3.77. The number of imide groups is 1. The van der Waals surface area contributed by atoms with Gasteiger partial charge in [-0.3, -0.25) is 14.5 Å². The van der Waals surface area contributed by atoms with Crippen LogP contribution in [-0.2, 0) is 16.1 Å². The molecule has 0 radical (unpaired) electrons. The minimum Gasteiger partial charge on any atom is -0.493 e. The number of methoxy groups -OCH3 is 2. The van der Waals surface area contributed by atoms with E-state index < -0.39 is 12.1 Å². The summed E-state index contributed by atoms with van der Waals surface area (Å²) < 4.78 is 10.5. The van der Waals surface area contributed by atoms with Crippen LogP contribution in [0.25, 0.3) is 10.9 Å². The number of carbonyl (C=O) groups excluding carboxylic acids is 3. The molecular weight excluding hydrogens is 412 g/mol. The van der Waals surface area contributed by atoms with Crippen molar-refractivity contribution < 1.29 is 23.9 Å². The number of nitrogens with zero attached hydrogens (tertiary/aromatic N) is 1. The Balaban J connectivity index is 1.35. The summed E-state index contributed by atoms with van der Waals surface area (Å²) in [6.07, 6.45) is 2.11. The van der Waals surface area contributed by atoms with E-state index in [4.69, 9.17) is 9.47 Å². The van der Waals surface area contributed by atoms with Crippen molar-refractivity contribution in [1.29, 1.82) is 0 Å². The van der Waals surface area contributed by atoms with Gasteiger partial charge in [-0.2, -0.15) is 0 Å². The van der Waals surface area contributed by atoms with Gasteiger partial charge >= 0.3 is 6.03 Å². The molecule has 1 saturated heterocycles. The maximum absolute atomic E-state index is 12.8. The van der Waals surface area contributed by atoms with E-state index in [0.717, 1.165) is 21.4 Å². The summed E-state index contributed by atoms with van der Waals surface area (Å²) in [5.41, 5.74) is 2.35. The number of anilines is 1. The average Bonchev–Trinajstić information content (AvgIpc) is 3.38. The first-order valence-corrected chi connectivity index (χ1v) is 10.2. The van der Waals surface area contributed by atoms with Crippen molar-refractivity contribution in [2.24, 2.45) is 0 Å². The minimum absolute atomic E-state index is 0.0989. The number of benzene rings is 2. The SMILES string of the molecule is COc1ccc(CN2C(=O)NC(CCC(=O)Nc3cccc4[nH]ccc34)C2=O)cc1OC. The smallest absolute Gasteiger partial charge is 0.325 e. The monoisotopic (exact) mass is 436 g/mol. The summed E-state index contributed by atoms with van der Waals surface area (Å²) in [7, 11) is 3.06. The molecule has 9 nitrogen and oxygen atoms in total. The van der Waals surface area contributed by atoms with E-state index in [0.29, 0.717) is 17.2 Å². The summed E-state index contributed by atoms with van der Waals surface area (Å²) in [5.74, 6) is 0.500. The Kier molecular flexibility index (Phi) is 5.98. The summed E-state index contributed by atoms with van der Waals surface area (Å²) in [6.45, 7) is 0.100. The molecular formula is C23H24N4O5. The molecule has 1 fully saturated rings. The quantitative estimate of drug-likeness (QED) is 0.470. The zero-order valence-corrected chi connectivity index (χ0v) is 17.8. The van der Waals surface area contributed by atoms with Crippen LogP contribution in [0, 0.1) is 0 Å². The van der Waals surface area contributed by atoms with Crippen molar-refractivity contribution in [2.45, 2.75) is 25.4 Å².